The second-order valence-corrected chi connectivity index (χ2v) is 11.1. The Morgan fingerprint density at radius 1 is 1.07 bits per heavy atom. The zero-order valence-corrected chi connectivity index (χ0v) is 17.6. The molecule has 0 spiro atoms. The summed E-state index contributed by atoms with van der Waals surface area (Å²) in [7, 11) is 0. The van der Waals surface area contributed by atoms with Gasteiger partial charge in [0.15, 0.2) is 0 Å². The highest BCUT2D eigenvalue weighted by atomic mass is 16.5. The van der Waals surface area contributed by atoms with Crippen LogP contribution >= 0.6 is 0 Å². The lowest BCUT2D eigenvalue weighted by atomic mass is 9.42. The van der Waals surface area contributed by atoms with Gasteiger partial charge in [-0.2, -0.15) is 0 Å². The molecule has 28 heavy (non-hydrogen) atoms. The van der Waals surface area contributed by atoms with E-state index in [1.165, 1.54) is 38.5 Å². The van der Waals surface area contributed by atoms with Crippen LogP contribution in [-0.2, 0) is 0 Å². The maximum absolute atomic E-state index is 10.7. The third kappa shape index (κ3) is 2.66. The molecule has 4 fully saturated rings. The fourth-order valence-electron chi connectivity index (χ4n) is 8.81. The standard InChI is InChI=1S/C24H37NO3/c1-22(27)10-11-24(12-14-26)16(15-22)3-4-17-18-5-6-20(21-8-13-25-28-21)23(18,2)9-7-19(17)24/h8,13,16-20,26-27H,3-7,9-12,14-15H2,1-2H3/t16-,17+,18+,19+,20-,22-,23+,24-/m1/s1. The van der Waals surface area contributed by atoms with Gasteiger partial charge in [-0.15, -0.1) is 0 Å². The van der Waals surface area contributed by atoms with Crippen molar-refractivity contribution >= 4 is 0 Å². The van der Waals surface area contributed by atoms with Gasteiger partial charge >= 0.3 is 0 Å². The SMILES string of the molecule is C[C@@]1(O)CC[C@@]2(CCO)[C@H](CC[C@H]3[C@@H]4CC[C@H](c5ccno5)[C@@]4(C)CC[C@@H]32)C1. The molecule has 156 valence electrons. The monoisotopic (exact) mass is 387 g/mol. The van der Waals surface area contributed by atoms with Crippen LogP contribution in [0.5, 0.6) is 0 Å². The quantitative estimate of drug-likeness (QED) is 0.773. The van der Waals surface area contributed by atoms with Gasteiger partial charge in [-0.25, -0.2) is 0 Å². The molecule has 5 rings (SSSR count). The molecule has 4 heteroatoms. The number of aliphatic hydroxyl groups excluding tert-OH is 1. The van der Waals surface area contributed by atoms with E-state index in [0.717, 1.165) is 49.2 Å². The Balaban J connectivity index is 1.45. The molecular formula is C24H37NO3. The van der Waals surface area contributed by atoms with Crippen LogP contribution < -0.4 is 0 Å². The number of hydrogen-bond donors (Lipinski definition) is 2. The predicted molar refractivity (Wildman–Crippen MR) is 108 cm³/mol. The molecule has 4 aliphatic carbocycles. The molecule has 4 aliphatic rings. The molecule has 0 unspecified atom stereocenters. The fraction of sp³-hybridized carbons (Fsp3) is 0.875. The molecule has 1 heterocycles. The van der Waals surface area contributed by atoms with E-state index < -0.39 is 5.60 Å². The van der Waals surface area contributed by atoms with Crippen molar-refractivity contribution in [1.82, 2.24) is 5.16 Å². The van der Waals surface area contributed by atoms with Crippen LogP contribution in [0.25, 0.3) is 0 Å². The van der Waals surface area contributed by atoms with Gasteiger partial charge in [0, 0.05) is 18.6 Å². The molecule has 0 saturated heterocycles. The zero-order valence-electron chi connectivity index (χ0n) is 17.6. The van der Waals surface area contributed by atoms with Gasteiger partial charge in [0.05, 0.1) is 11.8 Å². The van der Waals surface area contributed by atoms with Crippen LogP contribution in [0.4, 0.5) is 0 Å². The smallest absolute Gasteiger partial charge is 0.140 e. The summed E-state index contributed by atoms with van der Waals surface area (Å²) >= 11 is 0. The van der Waals surface area contributed by atoms with Gasteiger partial charge in [0.1, 0.15) is 5.76 Å². The summed E-state index contributed by atoms with van der Waals surface area (Å²) in [4.78, 5) is 0. The second kappa shape index (κ2) is 6.57. The minimum absolute atomic E-state index is 0.256. The molecule has 0 amide bonds. The average molecular weight is 388 g/mol. The Morgan fingerprint density at radius 2 is 1.93 bits per heavy atom. The lowest BCUT2D eigenvalue weighted by Gasteiger charge is -2.63. The highest BCUT2D eigenvalue weighted by Gasteiger charge is 2.62. The van der Waals surface area contributed by atoms with Crippen LogP contribution in [0.3, 0.4) is 0 Å². The van der Waals surface area contributed by atoms with Gasteiger partial charge in [0.2, 0.25) is 0 Å². The highest BCUT2D eigenvalue weighted by Crippen LogP contribution is 2.70. The Kier molecular flexibility index (Phi) is 4.48. The number of nitrogens with zero attached hydrogens (tertiary/aromatic N) is 1. The van der Waals surface area contributed by atoms with E-state index in [-0.39, 0.29) is 5.41 Å². The Bertz CT molecular complexity index is 701. The van der Waals surface area contributed by atoms with Crippen molar-refractivity contribution in [2.45, 2.75) is 89.6 Å². The summed E-state index contributed by atoms with van der Waals surface area (Å²) < 4.78 is 5.62. The zero-order chi connectivity index (χ0) is 19.6. The van der Waals surface area contributed by atoms with E-state index >= 15 is 0 Å². The number of aromatic nitrogens is 1. The predicted octanol–water partition coefficient (Wildman–Crippen LogP) is 4.91. The molecule has 1 aromatic heterocycles. The minimum Gasteiger partial charge on any atom is -0.396 e. The van der Waals surface area contributed by atoms with Crippen LogP contribution in [0.15, 0.2) is 16.8 Å². The second-order valence-electron chi connectivity index (χ2n) is 11.1. The lowest BCUT2D eigenvalue weighted by Crippen LogP contribution is -2.56. The van der Waals surface area contributed by atoms with E-state index in [9.17, 15) is 10.2 Å². The van der Waals surface area contributed by atoms with Crippen molar-refractivity contribution in [1.29, 1.82) is 0 Å². The first-order valence-electron chi connectivity index (χ1n) is 11.6. The number of rotatable bonds is 3. The van der Waals surface area contributed by atoms with Gasteiger partial charge in [-0.3, -0.25) is 0 Å². The van der Waals surface area contributed by atoms with Crippen molar-refractivity contribution in [2.24, 2.45) is 34.5 Å². The summed E-state index contributed by atoms with van der Waals surface area (Å²) in [5, 5.41) is 24.7. The lowest BCUT2D eigenvalue weighted by molar-refractivity contribution is -0.158. The first kappa shape index (κ1) is 19.1. The molecule has 4 nitrogen and oxygen atoms in total. The largest absolute Gasteiger partial charge is 0.396 e. The van der Waals surface area contributed by atoms with Crippen LogP contribution in [0.1, 0.15) is 89.7 Å². The van der Waals surface area contributed by atoms with E-state index in [4.69, 9.17) is 4.52 Å². The first-order chi connectivity index (χ1) is 13.4. The minimum atomic E-state index is -0.510. The van der Waals surface area contributed by atoms with Crippen LogP contribution in [-0.4, -0.2) is 27.6 Å². The molecule has 1 aromatic rings. The van der Waals surface area contributed by atoms with E-state index in [0.29, 0.717) is 23.9 Å². The van der Waals surface area contributed by atoms with Gasteiger partial charge in [0.25, 0.3) is 0 Å². The molecule has 0 aromatic carbocycles. The summed E-state index contributed by atoms with van der Waals surface area (Å²) in [5.41, 5.74) is 0.0735. The number of hydrogen-bond acceptors (Lipinski definition) is 4. The molecule has 0 bridgehead atoms. The van der Waals surface area contributed by atoms with E-state index in [1.54, 1.807) is 6.20 Å². The van der Waals surface area contributed by atoms with Gasteiger partial charge < -0.3 is 14.7 Å². The molecule has 0 radical (unpaired) electrons. The van der Waals surface area contributed by atoms with Gasteiger partial charge in [-0.05, 0) is 106 Å². The van der Waals surface area contributed by atoms with Crippen LogP contribution in [0.2, 0.25) is 0 Å². The average Bonchev–Trinajstić information content (AvgIpc) is 3.28. The summed E-state index contributed by atoms with van der Waals surface area (Å²) in [6.45, 7) is 4.84. The third-order valence-electron chi connectivity index (χ3n) is 10.0. The van der Waals surface area contributed by atoms with Crippen LogP contribution in [0, 0.1) is 34.5 Å². The molecule has 0 aliphatic heterocycles. The molecule has 4 saturated carbocycles. The van der Waals surface area contributed by atoms with Crippen molar-refractivity contribution in [3.8, 4) is 0 Å². The van der Waals surface area contributed by atoms with Crippen molar-refractivity contribution < 1.29 is 14.7 Å². The fourth-order valence-corrected chi connectivity index (χ4v) is 8.81. The summed E-state index contributed by atoms with van der Waals surface area (Å²) in [6.07, 6.45) is 13.3. The maximum Gasteiger partial charge on any atom is 0.140 e. The van der Waals surface area contributed by atoms with Crippen molar-refractivity contribution in [2.75, 3.05) is 6.61 Å². The van der Waals surface area contributed by atoms with E-state index in [1.807, 2.05) is 6.92 Å². The van der Waals surface area contributed by atoms with Gasteiger partial charge in [-0.1, -0.05) is 12.1 Å². The molecule has 8 atom stereocenters. The topological polar surface area (TPSA) is 66.5 Å². The first-order valence-corrected chi connectivity index (χ1v) is 11.6. The summed E-state index contributed by atoms with van der Waals surface area (Å²) in [5.74, 6) is 4.45. The van der Waals surface area contributed by atoms with E-state index in [2.05, 4.69) is 18.1 Å². The number of fused-ring (bicyclic) bond motifs is 5. The summed E-state index contributed by atoms with van der Waals surface area (Å²) in [6, 6.07) is 2.08. The molecular weight excluding hydrogens is 350 g/mol. The number of aliphatic hydroxyl groups is 2. The third-order valence-corrected chi connectivity index (χ3v) is 10.0. The Labute approximate surface area is 169 Å². The normalized spacial score (nSPS) is 50.6. The highest BCUT2D eigenvalue weighted by molar-refractivity contribution is 5.18. The Morgan fingerprint density at radius 3 is 2.68 bits per heavy atom. The van der Waals surface area contributed by atoms with Crippen molar-refractivity contribution in [3.63, 3.8) is 0 Å². The maximum atomic E-state index is 10.7. The molecule has 2 N–H and O–H groups in total. The Hall–Kier alpha value is -0.870. The van der Waals surface area contributed by atoms with Crippen molar-refractivity contribution in [3.05, 3.63) is 18.0 Å².